The first-order valence-electron chi connectivity index (χ1n) is 4.89. The third-order valence-electron chi connectivity index (χ3n) is 1.68. The summed E-state index contributed by atoms with van der Waals surface area (Å²) in [5.74, 6) is 0.0869. The fraction of sp³-hybridized carbons (Fsp3) is 0.700. The quantitative estimate of drug-likeness (QED) is 0.437. The molecule has 0 aromatic rings. The largest absolute Gasteiger partial charge is 0.353 e. The Morgan fingerprint density at radius 3 is 2.85 bits per heavy atom. The summed E-state index contributed by atoms with van der Waals surface area (Å²) in [7, 11) is 0. The number of rotatable bonds is 8. The Morgan fingerprint density at radius 1 is 1.46 bits per heavy atom. The molecule has 3 nitrogen and oxygen atoms in total. The van der Waals surface area contributed by atoms with Gasteiger partial charge in [-0.25, -0.2) is 0 Å². The van der Waals surface area contributed by atoms with Gasteiger partial charge >= 0.3 is 0 Å². The van der Waals surface area contributed by atoms with E-state index in [1.165, 1.54) is 12.8 Å². The molecule has 1 amide bonds. The third-order valence-corrected chi connectivity index (χ3v) is 1.68. The molecule has 0 bridgehead atoms. The minimum Gasteiger partial charge on any atom is -0.353 e. The Bertz CT molecular complexity index is 146. The highest BCUT2D eigenvalue weighted by Crippen LogP contribution is 1.83. The smallest absolute Gasteiger partial charge is 0.221 e. The molecule has 0 heterocycles. The maximum Gasteiger partial charge on any atom is 0.221 e. The number of hydrogen-bond donors (Lipinski definition) is 2. The molecule has 2 N–H and O–H groups in total. The molecule has 0 saturated carbocycles. The summed E-state index contributed by atoms with van der Waals surface area (Å²) in [5.41, 5.74) is 0. The Hall–Kier alpha value is -0.830. The van der Waals surface area contributed by atoms with Gasteiger partial charge in [-0.3, -0.25) is 4.79 Å². The molecule has 0 aliphatic heterocycles. The molecule has 0 radical (unpaired) electrons. The van der Waals surface area contributed by atoms with Crippen LogP contribution in [0, 0.1) is 0 Å². The molecule has 0 rings (SSSR count). The molecule has 13 heavy (non-hydrogen) atoms. The molecule has 0 unspecified atom stereocenters. The molecule has 76 valence electrons. The highest BCUT2D eigenvalue weighted by molar-refractivity contribution is 5.76. The SMILES string of the molecule is C=CCNC(=O)CCNCCCC. The van der Waals surface area contributed by atoms with Crippen molar-refractivity contribution >= 4 is 5.91 Å². The lowest BCUT2D eigenvalue weighted by molar-refractivity contribution is -0.120. The molecule has 0 aliphatic carbocycles. The van der Waals surface area contributed by atoms with Crippen LogP contribution in [0.15, 0.2) is 12.7 Å². The standard InChI is InChI=1S/C10H20N2O/c1-3-5-8-11-9-6-10(13)12-7-4-2/h4,11H,2-3,5-9H2,1H3,(H,12,13). The monoisotopic (exact) mass is 184 g/mol. The molecule has 0 spiro atoms. The van der Waals surface area contributed by atoms with Crippen LogP contribution in [0.3, 0.4) is 0 Å². The van der Waals surface area contributed by atoms with Crippen LogP contribution in [0.5, 0.6) is 0 Å². The second-order valence-corrected chi connectivity index (χ2v) is 2.95. The summed E-state index contributed by atoms with van der Waals surface area (Å²) < 4.78 is 0. The van der Waals surface area contributed by atoms with Gasteiger partial charge in [0.1, 0.15) is 0 Å². The minimum atomic E-state index is 0.0869. The Balaban J connectivity index is 3.12. The van der Waals surface area contributed by atoms with Gasteiger partial charge in [0, 0.05) is 19.5 Å². The lowest BCUT2D eigenvalue weighted by atomic mass is 10.3. The van der Waals surface area contributed by atoms with E-state index in [1.54, 1.807) is 6.08 Å². The van der Waals surface area contributed by atoms with E-state index in [-0.39, 0.29) is 5.91 Å². The number of amides is 1. The van der Waals surface area contributed by atoms with E-state index in [0.29, 0.717) is 13.0 Å². The van der Waals surface area contributed by atoms with Crippen LogP contribution in [0.2, 0.25) is 0 Å². The third kappa shape index (κ3) is 9.08. The van der Waals surface area contributed by atoms with Crippen molar-refractivity contribution in [2.45, 2.75) is 26.2 Å². The van der Waals surface area contributed by atoms with Crippen molar-refractivity contribution in [3.05, 3.63) is 12.7 Å². The van der Waals surface area contributed by atoms with E-state index in [0.717, 1.165) is 13.1 Å². The zero-order valence-electron chi connectivity index (χ0n) is 8.44. The summed E-state index contributed by atoms with van der Waals surface area (Å²) in [5, 5.41) is 5.93. The molecular formula is C10H20N2O. The van der Waals surface area contributed by atoms with Gasteiger partial charge in [-0.1, -0.05) is 19.4 Å². The van der Waals surface area contributed by atoms with Crippen LogP contribution < -0.4 is 10.6 Å². The van der Waals surface area contributed by atoms with Crippen LogP contribution in [-0.4, -0.2) is 25.5 Å². The van der Waals surface area contributed by atoms with Crippen LogP contribution in [0.4, 0.5) is 0 Å². The first-order chi connectivity index (χ1) is 6.31. The van der Waals surface area contributed by atoms with Gasteiger partial charge < -0.3 is 10.6 Å². The van der Waals surface area contributed by atoms with Crippen molar-refractivity contribution in [2.75, 3.05) is 19.6 Å². The molecule has 0 aromatic heterocycles. The maximum absolute atomic E-state index is 11.0. The van der Waals surface area contributed by atoms with Crippen molar-refractivity contribution in [2.24, 2.45) is 0 Å². The maximum atomic E-state index is 11.0. The molecular weight excluding hydrogens is 164 g/mol. The van der Waals surface area contributed by atoms with E-state index >= 15 is 0 Å². The first-order valence-corrected chi connectivity index (χ1v) is 4.89. The average molecular weight is 184 g/mol. The van der Waals surface area contributed by atoms with Crippen molar-refractivity contribution in [3.63, 3.8) is 0 Å². The summed E-state index contributed by atoms with van der Waals surface area (Å²) in [6, 6.07) is 0. The predicted molar refractivity (Wildman–Crippen MR) is 55.6 cm³/mol. The average Bonchev–Trinajstić information content (AvgIpc) is 2.14. The van der Waals surface area contributed by atoms with Gasteiger partial charge in [0.15, 0.2) is 0 Å². The van der Waals surface area contributed by atoms with Gasteiger partial charge in [-0.15, -0.1) is 6.58 Å². The molecule has 3 heteroatoms. The second kappa shape index (κ2) is 9.26. The number of hydrogen-bond acceptors (Lipinski definition) is 2. The van der Waals surface area contributed by atoms with Crippen LogP contribution >= 0.6 is 0 Å². The Kier molecular flexibility index (Phi) is 8.67. The van der Waals surface area contributed by atoms with E-state index < -0.39 is 0 Å². The fourth-order valence-electron chi connectivity index (χ4n) is 0.903. The summed E-state index contributed by atoms with van der Waals surface area (Å²) in [4.78, 5) is 11.0. The molecule has 0 aliphatic rings. The molecule has 0 aromatic carbocycles. The summed E-state index contributed by atoms with van der Waals surface area (Å²) in [6.07, 6.45) is 4.60. The highest BCUT2D eigenvalue weighted by atomic mass is 16.1. The van der Waals surface area contributed by atoms with Gasteiger partial charge in [-0.2, -0.15) is 0 Å². The van der Waals surface area contributed by atoms with E-state index in [9.17, 15) is 4.79 Å². The van der Waals surface area contributed by atoms with Crippen molar-refractivity contribution in [1.82, 2.24) is 10.6 Å². The van der Waals surface area contributed by atoms with E-state index in [1.807, 2.05) is 0 Å². The Labute approximate surface area is 80.6 Å². The van der Waals surface area contributed by atoms with Crippen LogP contribution in [-0.2, 0) is 4.79 Å². The zero-order valence-corrected chi connectivity index (χ0v) is 8.44. The van der Waals surface area contributed by atoms with E-state index in [4.69, 9.17) is 0 Å². The Morgan fingerprint density at radius 2 is 2.23 bits per heavy atom. The summed E-state index contributed by atoms with van der Waals surface area (Å²) in [6.45, 7) is 8.01. The highest BCUT2D eigenvalue weighted by Gasteiger charge is 1.97. The second-order valence-electron chi connectivity index (χ2n) is 2.95. The van der Waals surface area contributed by atoms with E-state index in [2.05, 4.69) is 24.1 Å². The zero-order chi connectivity index (χ0) is 9.94. The van der Waals surface area contributed by atoms with Crippen molar-refractivity contribution < 1.29 is 4.79 Å². The van der Waals surface area contributed by atoms with Gasteiger partial charge in [0.25, 0.3) is 0 Å². The van der Waals surface area contributed by atoms with Crippen molar-refractivity contribution in [1.29, 1.82) is 0 Å². The predicted octanol–water partition coefficient (Wildman–Crippen LogP) is 1.07. The van der Waals surface area contributed by atoms with Crippen LogP contribution in [0.1, 0.15) is 26.2 Å². The molecule has 0 saturated heterocycles. The first kappa shape index (κ1) is 12.2. The topological polar surface area (TPSA) is 41.1 Å². The molecule has 0 atom stereocenters. The van der Waals surface area contributed by atoms with Crippen LogP contribution in [0.25, 0.3) is 0 Å². The number of carbonyl (C=O) groups is 1. The fourth-order valence-corrected chi connectivity index (χ4v) is 0.903. The number of unbranched alkanes of at least 4 members (excludes halogenated alkanes) is 1. The summed E-state index contributed by atoms with van der Waals surface area (Å²) >= 11 is 0. The molecule has 0 fully saturated rings. The minimum absolute atomic E-state index is 0.0869. The lowest BCUT2D eigenvalue weighted by Gasteiger charge is -2.03. The van der Waals surface area contributed by atoms with Crippen molar-refractivity contribution in [3.8, 4) is 0 Å². The lowest BCUT2D eigenvalue weighted by Crippen LogP contribution is -2.28. The van der Waals surface area contributed by atoms with Gasteiger partial charge in [-0.05, 0) is 13.0 Å². The number of carbonyl (C=O) groups excluding carboxylic acids is 1. The normalized spacial score (nSPS) is 9.62. The number of nitrogens with one attached hydrogen (secondary N) is 2. The van der Waals surface area contributed by atoms with Gasteiger partial charge in [0.2, 0.25) is 5.91 Å². The van der Waals surface area contributed by atoms with Gasteiger partial charge in [0.05, 0.1) is 0 Å².